The summed E-state index contributed by atoms with van der Waals surface area (Å²) in [7, 11) is 0. The van der Waals surface area contributed by atoms with E-state index in [2.05, 4.69) is 4.98 Å². The highest BCUT2D eigenvalue weighted by molar-refractivity contribution is 5.75. The van der Waals surface area contributed by atoms with Crippen molar-refractivity contribution in [1.29, 1.82) is 0 Å². The Morgan fingerprint density at radius 2 is 2.07 bits per heavy atom. The molecule has 0 spiro atoms. The van der Waals surface area contributed by atoms with Gasteiger partial charge in [-0.2, -0.15) is 4.98 Å². The van der Waals surface area contributed by atoms with Crippen molar-refractivity contribution in [3.05, 3.63) is 22.5 Å². The van der Waals surface area contributed by atoms with Gasteiger partial charge in [-0.1, -0.05) is 13.8 Å². The SMILES string of the molecule is CC(C)[C@H](N)C(=O)OC[C@@]1(F)O[C@@](C)(n2cc(F)c(N)nc2=O)[C@H](O)[C@@H]1O. The molecule has 27 heavy (non-hydrogen) atoms. The van der Waals surface area contributed by atoms with Crippen LogP contribution < -0.4 is 17.2 Å². The molecule has 12 heteroatoms. The quantitative estimate of drug-likeness (QED) is 0.440. The van der Waals surface area contributed by atoms with Crippen LogP contribution in [0.3, 0.4) is 0 Å². The Balaban J connectivity index is 2.30. The number of esters is 1. The molecule has 1 aromatic heterocycles. The predicted molar refractivity (Wildman–Crippen MR) is 87.2 cm³/mol. The minimum Gasteiger partial charge on any atom is -0.458 e. The molecule has 2 heterocycles. The Labute approximate surface area is 152 Å². The number of rotatable bonds is 5. The van der Waals surface area contributed by atoms with Crippen LogP contribution in [0.5, 0.6) is 0 Å². The van der Waals surface area contributed by atoms with Crippen LogP contribution in [0.1, 0.15) is 20.8 Å². The number of aliphatic hydroxyl groups is 2. The number of alkyl halides is 1. The summed E-state index contributed by atoms with van der Waals surface area (Å²) in [5, 5.41) is 20.3. The molecule has 1 fully saturated rings. The van der Waals surface area contributed by atoms with E-state index in [0.717, 1.165) is 6.92 Å². The summed E-state index contributed by atoms with van der Waals surface area (Å²) in [6, 6.07) is -1.04. The highest BCUT2D eigenvalue weighted by atomic mass is 19.2. The summed E-state index contributed by atoms with van der Waals surface area (Å²) in [6.45, 7) is 3.21. The third-order valence-corrected chi connectivity index (χ3v) is 4.46. The standard InChI is InChI=1S/C15H22F2N4O6/c1-6(2)8(18)12(24)26-5-15(17)10(23)9(22)14(3,27-15)21-4-7(16)11(19)20-13(21)25/h4,6,8-10,22-23H,5,18H2,1-3H3,(H2,19,20,25)/t8-,9+,10-,14+,15+/m0/s1. The fourth-order valence-corrected chi connectivity index (χ4v) is 2.60. The number of carbonyl (C=O) groups excluding carboxylic acids is 1. The normalized spacial score (nSPS) is 31.9. The van der Waals surface area contributed by atoms with Crippen LogP contribution in [0.25, 0.3) is 0 Å². The molecule has 152 valence electrons. The van der Waals surface area contributed by atoms with Gasteiger partial charge in [-0.3, -0.25) is 9.36 Å². The molecule has 0 unspecified atom stereocenters. The van der Waals surface area contributed by atoms with Crippen LogP contribution in [-0.4, -0.2) is 56.4 Å². The van der Waals surface area contributed by atoms with Crippen molar-refractivity contribution in [2.75, 3.05) is 12.3 Å². The molecular formula is C15H22F2N4O6. The van der Waals surface area contributed by atoms with Gasteiger partial charge >= 0.3 is 11.7 Å². The zero-order valence-electron chi connectivity index (χ0n) is 14.9. The average Bonchev–Trinajstić information content (AvgIpc) is 2.76. The molecule has 0 aliphatic carbocycles. The highest BCUT2D eigenvalue weighted by Crippen LogP contribution is 2.42. The Morgan fingerprint density at radius 3 is 2.63 bits per heavy atom. The van der Waals surface area contributed by atoms with E-state index >= 15 is 4.39 Å². The number of nitrogen functional groups attached to an aromatic ring is 1. The Kier molecular flexibility index (Phi) is 5.57. The molecule has 5 atom stereocenters. The largest absolute Gasteiger partial charge is 0.458 e. The second-order valence-corrected chi connectivity index (χ2v) is 6.84. The van der Waals surface area contributed by atoms with Crippen molar-refractivity contribution >= 4 is 11.8 Å². The molecule has 1 saturated heterocycles. The van der Waals surface area contributed by atoms with Crippen molar-refractivity contribution in [3.8, 4) is 0 Å². The van der Waals surface area contributed by atoms with E-state index < -0.39 is 59.7 Å². The Hall–Kier alpha value is -2.15. The molecule has 0 saturated carbocycles. The van der Waals surface area contributed by atoms with E-state index in [4.69, 9.17) is 20.9 Å². The fourth-order valence-electron chi connectivity index (χ4n) is 2.60. The number of ether oxygens (including phenoxy) is 2. The van der Waals surface area contributed by atoms with Gasteiger partial charge in [-0.15, -0.1) is 0 Å². The van der Waals surface area contributed by atoms with Crippen molar-refractivity contribution < 1.29 is 33.3 Å². The van der Waals surface area contributed by atoms with Crippen LogP contribution in [0.4, 0.5) is 14.6 Å². The van der Waals surface area contributed by atoms with Crippen molar-refractivity contribution in [2.24, 2.45) is 11.7 Å². The topological polar surface area (TPSA) is 163 Å². The minimum absolute atomic E-state index is 0.291. The molecule has 0 radical (unpaired) electrons. The second-order valence-electron chi connectivity index (χ2n) is 6.84. The van der Waals surface area contributed by atoms with E-state index in [1.54, 1.807) is 13.8 Å². The van der Waals surface area contributed by atoms with Gasteiger partial charge in [0.05, 0.1) is 6.20 Å². The van der Waals surface area contributed by atoms with Crippen LogP contribution in [0.15, 0.2) is 11.0 Å². The molecule has 0 bridgehead atoms. The van der Waals surface area contributed by atoms with Crippen LogP contribution >= 0.6 is 0 Å². The van der Waals surface area contributed by atoms with Crippen molar-refractivity contribution in [2.45, 2.75) is 50.6 Å². The van der Waals surface area contributed by atoms with E-state index in [1.165, 1.54) is 0 Å². The lowest BCUT2D eigenvalue weighted by Crippen LogP contribution is -2.48. The third-order valence-electron chi connectivity index (χ3n) is 4.46. The first kappa shape index (κ1) is 21.2. The van der Waals surface area contributed by atoms with Gasteiger partial charge in [0, 0.05) is 0 Å². The summed E-state index contributed by atoms with van der Waals surface area (Å²) in [6.07, 6.45) is -3.69. The number of anilines is 1. The average molecular weight is 392 g/mol. The molecule has 1 aliphatic heterocycles. The zero-order chi connectivity index (χ0) is 20.7. The van der Waals surface area contributed by atoms with Crippen molar-refractivity contribution in [1.82, 2.24) is 9.55 Å². The second kappa shape index (κ2) is 7.11. The Bertz CT molecular complexity index is 790. The molecule has 6 N–H and O–H groups in total. The lowest BCUT2D eigenvalue weighted by Gasteiger charge is -2.30. The summed E-state index contributed by atoms with van der Waals surface area (Å²) in [5.74, 6) is -6.14. The molecular weight excluding hydrogens is 370 g/mol. The molecule has 0 amide bonds. The summed E-state index contributed by atoms with van der Waals surface area (Å²) in [4.78, 5) is 27.0. The van der Waals surface area contributed by atoms with Crippen LogP contribution in [0.2, 0.25) is 0 Å². The fraction of sp³-hybridized carbons (Fsp3) is 0.667. The van der Waals surface area contributed by atoms with E-state index in [9.17, 15) is 24.2 Å². The van der Waals surface area contributed by atoms with Crippen LogP contribution in [-0.2, 0) is 20.0 Å². The van der Waals surface area contributed by atoms with E-state index in [0.29, 0.717) is 10.8 Å². The van der Waals surface area contributed by atoms with E-state index in [-0.39, 0.29) is 5.92 Å². The maximum absolute atomic E-state index is 15.1. The third kappa shape index (κ3) is 3.65. The number of nitrogens with two attached hydrogens (primary N) is 2. The van der Waals surface area contributed by atoms with E-state index in [1.807, 2.05) is 0 Å². The first-order valence-electron chi connectivity index (χ1n) is 8.06. The summed E-state index contributed by atoms with van der Waals surface area (Å²) >= 11 is 0. The van der Waals surface area contributed by atoms with Gasteiger partial charge in [0.25, 0.3) is 5.85 Å². The first-order valence-corrected chi connectivity index (χ1v) is 8.06. The summed E-state index contributed by atoms with van der Waals surface area (Å²) in [5.41, 5.74) is 7.37. The first-order chi connectivity index (χ1) is 12.3. The number of hydrogen-bond acceptors (Lipinski definition) is 9. The molecule has 0 aromatic carbocycles. The van der Waals surface area contributed by atoms with Gasteiger partial charge in [0.15, 0.2) is 24.0 Å². The van der Waals surface area contributed by atoms with Gasteiger partial charge in [0.1, 0.15) is 18.2 Å². The maximum atomic E-state index is 15.1. The number of hydrogen-bond donors (Lipinski definition) is 4. The highest BCUT2D eigenvalue weighted by Gasteiger charge is 2.63. The Morgan fingerprint density at radius 1 is 1.48 bits per heavy atom. The molecule has 2 rings (SSSR count). The van der Waals surface area contributed by atoms with Crippen molar-refractivity contribution in [3.63, 3.8) is 0 Å². The number of aromatic nitrogens is 2. The smallest absolute Gasteiger partial charge is 0.352 e. The predicted octanol–water partition coefficient (Wildman–Crippen LogP) is -1.42. The van der Waals surface area contributed by atoms with Gasteiger partial charge in [-0.25, -0.2) is 13.6 Å². The monoisotopic (exact) mass is 392 g/mol. The minimum atomic E-state index is -3.09. The molecule has 10 nitrogen and oxygen atoms in total. The number of nitrogens with zero attached hydrogens (tertiary/aromatic N) is 2. The number of halogens is 2. The lowest BCUT2D eigenvalue weighted by molar-refractivity contribution is -0.245. The lowest BCUT2D eigenvalue weighted by atomic mass is 10.0. The van der Waals surface area contributed by atoms with Gasteiger partial charge in [-0.05, 0) is 12.8 Å². The number of aliphatic hydroxyl groups excluding tert-OH is 2. The summed E-state index contributed by atoms with van der Waals surface area (Å²) < 4.78 is 39.0. The van der Waals surface area contributed by atoms with Crippen LogP contribution in [0, 0.1) is 11.7 Å². The number of carbonyl (C=O) groups is 1. The maximum Gasteiger partial charge on any atom is 0.352 e. The zero-order valence-corrected chi connectivity index (χ0v) is 14.9. The van der Waals surface area contributed by atoms with Gasteiger partial charge in [0.2, 0.25) is 0 Å². The van der Waals surface area contributed by atoms with Gasteiger partial charge < -0.3 is 31.2 Å². The molecule has 1 aromatic rings. The molecule has 1 aliphatic rings.